The molecule has 4 rings (SSSR count). The van der Waals surface area contributed by atoms with Crippen LogP contribution in [0.3, 0.4) is 0 Å². The van der Waals surface area contributed by atoms with E-state index in [0.29, 0.717) is 11.8 Å². The van der Waals surface area contributed by atoms with Gasteiger partial charge in [-0.3, -0.25) is 9.78 Å². The SMILES string of the molecule is Cc1cncc(-c2ccc3n(c2=O)CC2CC3CN(C)C2)c1. The molecule has 4 nitrogen and oxygen atoms in total. The van der Waals surface area contributed by atoms with Gasteiger partial charge in [0.1, 0.15) is 0 Å². The summed E-state index contributed by atoms with van der Waals surface area (Å²) in [5.41, 5.74) is 4.13. The number of nitrogens with zero attached hydrogens (tertiary/aromatic N) is 3. The van der Waals surface area contributed by atoms with E-state index in [1.54, 1.807) is 6.20 Å². The first-order valence-electron chi connectivity index (χ1n) is 7.96. The Morgan fingerprint density at radius 3 is 2.86 bits per heavy atom. The first kappa shape index (κ1) is 13.7. The molecule has 0 aliphatic carbocycles. The second kappa shape index (κ2) is 5.06. The van der Waals surface area contributed by atoms with Crippen molar-refractivity contribution < 1.29 is 0 Å². The lowest BCUT2D eigenvalue weighted by Gasteiger charge is -2.41. The third kappa shape index (κ3) is 2.18. The molecule has 0 saturated carbocycles. The van der Waals surface area contributed by atoms with Crippen LogP contribution in [0.2, 0.25) is 0 Å². The van der Waals surface area contributed by atoms with E-state index >= 15 is 0 Å². The number of fused-ring (bicyclic) bond motifs is 4. The lowest BCUT2D eigenvalue weighted by Crippen LogP contribution is -2.45. The minimum absolute atomic E-state index is 0.143. The van der Waals surface area contributed by atoms with Gasteiger partial charge in [0.15, 0.2) is 0 Å². The van der Waals surface area contributed by atoms with Crippen molar-refractivity contribution in [3.05, 3.63) is 52.2 Å². The lowest BCUT2D eigenvalue weighted by atomic mass is 9.83. The Kier molecular flexibility index (Phi) is 3.15. The van der Waals surface area contributed by atoms with Gasteiger partial charge in [-0.2, -0.15) is 0 Å². The van der Waals surface area contributed by atoms with Crippen LogP contribution in [0, 0.1) is 12.8 Å². The molecule has 2 aliphatic rings. The maximum absolute atomic E-state index is 13.0. The van der Waals surface area contributed by atoms with Gasteiger partial charge in [0.2, 0.25) is 0 Å². The van der Waals surface area contributed by atoms with Gasteiger partial charge in [0.05, 0.1) is 0 Å². The normalized spacial score (nSPS) is 24.1. The van der Waals surface area contributed by atoms with Crippen LogP contribution in [0.5, 0.6) is 0 Å². The summed E-state index contributed by atoms with van der Waals surface area (Å²) < 4.78 is 2.02. The fourth-order valence-electron chi connectivity index (χ4n) is 4.11. The van der Waals surface area contributed by atoms with Crippen molar-refractivity contribution in [3.63, 3.8) is 0 Å². The highest BCUT2D eigenvalue weighted by atomic mass is 16.1. The molecular formula is C18H21N3O. The highest BCUT2D eigenvalue weighted by molar-refractivity contribution is 5.62. The Labute approximate surface area is 130 Å². The molecule has 4 heterocycles. The van der Waals surface area contributed by atoms with Crippen LogP contribution >= 0.6 is 0 Å². The van der Waals surface area contributed by atoms with Gasteiger partial charge in [0, 0.05) is 54.8 Å². The monoisotopic (exact) mass is 295 g/mol. The molecule has 2 unspecified atom stereocenters. The molecule has 4 heteroatoms. The first-order chi connectivity index (χ1) is 10.6. The van der Waals surface area contributed by atoms with Crippen LogP contribution in [0.25, 0.3) is 11.1 Å². The third-order valence-corrected chi connectivity index (χ3v) is 4.97. The number of aromatic nitrogens is 2. The van der Waals surface area contributed by atoms with Crippen LogP contribution in [0.15, 0.2) is 35.4 Å². The zero-order valence-electron chi connectivity index (χ0n) is 13.1. The van der Waals surface area contributed by atoms with E-state index in [1.165, 1.54) is 12.1 Å². The Hall–Kier alpha value is -1.94. The molecular weight excluding hydrogens is 274 g/mol. The van der Waals surface area contributed by atoms with Gasteiger partial charge in [-0.15, -0.1) is 0 Å². The standard InChI is InChI=1S/C18H21N3O/c1-12-5-14(8-19-7-12)16-3-4-17-15-6-13(9-20(2)11-15)10-21(17)18(16)22/h3-5,7-8,13,15H,6,9-11H2,1-2H3. The molecule has 0 amide bonds. The predicted octanol–water partition coefficient (Wildman–Crippen LogP) is 2.27. The molecule has 2 aromatic rings. The number of rotatable bonds is 1. The quantitative estimate of drug-likeness (QED) is 0.810. The van der Waals surface area contributed by atoms with Crippen LogP contribution < -0.4 is 5.56 Å². The number of aryl methyl sites for hydroxylation is 1. The van der Waals surface area contributed by atoms with Crippen molar-refractivity contribution in [2.75, 3.05) is 20.1 Å². The number of hydrogen-bond acceptors (Lipinski definition) is 3. The Morgan fingerprint density at radius 2 is 2.05 bits per heavy atom. The molecule has 2 bridgehead atoms. The number of hydrogen-bond donors (Lipinski definition) is 0. The highest BCUT2D eigenvalue weighted by Gasteiger charge is 2.33. The molecule has 0 spiro atoms. The van der Waals surface area contributed by atoms with Crippen molar-refractivity contribution in [3.8, 4) is 11.1 Å². The summed E-state index contributed by atoms with van der Waals surface area (Å²) in [6.45, 7) is 5.01. The number of piperidine rings is 1. The number of pyridine rings is 2. The average Bonchev–Trinajstić information content (AvgIpc) is 2.48. The zero-order valence-corrected chi connectivity index (χ0v) is 13.1. The van der Waals surface area contributed by atoms with Crippen molar-refractivity contribution in [2.24, 2.45) is 5.92 Å². The van der Waals surface area contributed by atoms with E-state index in [0.717, 1.165) is 36.3 Å². The second-order valence-corrected chi connectivity index (χ2v) is 6.86. The fraction of sp³-hybridized carbons (Fsp3) is 0.444. The van der Waals surface area contributed by atoms with Crippen LogP contribution in [0.4, 0.5) is 0 Å². The van der Waals surface area contributed by atoms with Gasteiger partial charge in [-0.1, -0.05) is 0 Å². The van der Waals surface area contributed by atoms with E-state index in [1.807, 2.05) is 29.8 Å². The summed E-state index contributed by atoms with van der Waals surface area (Å²) in [6, 6.07) is 6.17. The van der Waals surface area contributed by atoms with Crippen molar-refractivity contribution in [2.45, 2.75) is 25.8 Å². The molecule has 2 aromatic heterocycles. The topological polar surface area (TPSA) is 38.1 Å². The molecule has 1 saturated heterocycles. The van der Waals surface area contributed by atoms with Gasteiger partial charge in [-0.05, 0) is 50.1 Å². The zero-order chi connectivity index (χ0) is 15.3. The van der Waals surface area contributed by atoms with Crippen LogP contribution in [-0.2, 0) is 6.54 Å². The summed E-state index contributed by atoms with van der Waals surface area (Å²) in [7, 11) is 2.18. The second-order valence-electron chi connectivity index (χ2n) is 6.86. The molecule has 1 fully saturated rings. The Bertz CT molecular complexity index is 780. The van der Waals surface area contributed by atoms with E-state index in [4.69, 9.17) is 0 Å². The third-order valence-electron chi connectivity index (χ3n) is 4.97. The van der Waals surface area contributed by atoms with E-state index in [-0.39, 0.29) is 5.56 Å². The van der Waals surface area contributed by atoms with E-state index in [2.05, 4.69) is 23.0 Å². The van der Waals surface area contributed by atoms with Gasteiger partial charge in [0.25, 0.3) is 5.56 Å². The van der Waals surface area contributed by atoms with Gasteiger partial charge >= 0.3 is 0 Å². The minimum Gasteiger partial charge on any atom is -0.311 e. The maximum atomic E-state index is 13.0. The van der Waals surface area contributed by atoms with Crippen LogP contribution in [-0.4, -0.2) is 34.6 Å². The molecule has 114 valence electrons. The van der Waals surface area contributed by atoms with E-state index < -0.39 is 0 Å². The van der Waals surface area contributed by atoms with Crippen LogP contribution in [0.1, 0.15) is 23.6 Å². The summed E-state index contributed by atoms with van der Waals surface area (Å²) in [4.78, 5) is 19.6. The molecule has 0 aromatic carbocycles. The molecule has 0 N–H and O–H groups in total. The lowest BCUT2D eigenvalue weighted by molar-refractivity contribution is 0.145. The Balaban J connectivity index is 1.83. The molecule has 2 atom stereocenters. The fourth-order valence-corrected chi connectivity index (χ4v) is 4.11. The van der Waals surface area contributed by atoms with Crippen molar-refractivity contribution in [1.82, 2.24) is 14.5 Å². The van der Waals surface area contributed by atoms with Crippen molar-refractivity contribution in [1.29, 1.82) is 0 Å². The smallest absolute Gasteiger partial charge is 0.258 e. The summed E-state index contributed by atoms with van der Waals surface area (Å²) in [6.07, 6.45) is 4.82. The maximum Gasteiger partial charge on any atom is 0.258 e. The van der Waals surface area contributed by atoms with E-state index in [9.17, 15) is 4.79 Å². The average molecular weight is 295 g/mol. The first-order valence-corrected chi connectivity index (χ1v) is 7.96. The number of likely N-dealkylation sites (tertiary alicyclic amines) is 1. The van der Waals surface area contributed by atoms with Gasteiger partial charge < -0.3 is 9.47 Å². The molecule has 22 heavy (non-hydrogen) atoms. The Morgan fingerprint density at radius 1 is 1.18 bits per heavy atom. The van der Waals surface area contributed by atoms with Gasteiger partial charge in [-0.25, -0.2) is 0 Å². The number of likely N-dealkylation sites (N-methyl/N-ethyl adjacent to an activating group) is 1. The highest BCUT2D eigenvalue weighted by Crippen LogP contribution is 2.35. The largest absolute Gasteiger partial charge is 0.311 e. The summed E-state index contributed by atoms with van der Waals surface area (Å²) >= 11 is 0. The summed E-state index contributed by atoms with van der Waals surface area (Å²) in [5, 5.41) is 0. The van der Waals surface area contributed by atoms with Crippen molar-refractivity contribution >= 4 is 0 Å². The minimum atomic E-state index is 0.143. The summed E-state index contributed by atoms with van der Waals surface area (Å²) in [5.74, 6) is 1.09. The molecule has 0 radical (unpaired) electrons. The molecule has 2 aliphatic heterocycles. The predicted molar refractivity (Wildman–Crippen MR) is 87.0 cm³/mol.